The molecule has 0 fully saturated rings. The Balaban J connectivity index is 2.00. The topological polar surface area (TPSA) is 23.5 Å². The van der Waals surface area contributed by atoms with Gasteiger partial charge in [-0.05, 0) is 43.0 Å². The van der Waals surface area contributed by atoms with Crippen LogP contribution >= 0.6 is 0 Å². The van der Waals surface area contributed by atoms with Crippen molar-refractivity contribution >= 4 is 5.69 Å². The fourth-order valence-corrected chi connectivity index (χ4v) is 3.12. The highest BCUT2D eigenvalue weighted by Crippen LogP contribution is 2.32. The van der Waals surface area contributed by atoms with Crippen molar-refractivity contribution in [3.63, 3.8) is 0 Å². The van der Waals surface area contributed by atoms with Crippen molar-refractivity contribution < 1.29 is 9.50 Å². The summed E-state index contributed by atoms with van der Waals surface area (Å²) in [5.74, 6) is -0.333. The predicted octanol–water partition coefficient (Wildman–Crippen LogP) is 3.83. The van der Waals surface area contributed by atoms with E-state index in [1.54, 1.807) is 13.0 Å². The summed E-state index contributed by atoms with van der Waals surface area (Å²) < 4.78 is 14.1. The van der Waals surface area contributed by atoms with Crippen molar-refractivity contribution in [1.82, 2.24) is 0 Å². The highest BCUT2D eigenvalue weighted by molar-refractivity contribution is 5.56. The van der Waals surface area contributed by atoms with Gasteiger partial charge in [-0.2, -0.15) is 0 Å². The molecule has 0 bridgehead atoms. The second kappa shape index (κ2) is 5.86. The largest absolute Gasteiger partial charge is 0.389 e. The average Bonchev–Trinajstić information content (AvgIpc) is 2.68. The van der Waals surface area contributed by atoms with Crippen LogP contribution in [0, 0.1) is 5.82 Å². The lowest BCUT2D eigenvalue weighted by molar-refractivity contribution is 0.194. The molecule has 0 unspecified atom stereocenters. The van der Waals surface area contributed by atoms with Crippen LogP contribution in [0.3, 0.4) is 0 Å². The predicted molar refractivity (Wildman–Crippen MR) is 82.8 cm³/mol. The third-order valence-electron chi connectivity index (χ3n) is 4.14. The average molecular weight is 285 g/mol. The third-order valence-corrected chi connectivity index (χ3v) is 4.14. The Bertz CT molecular complexity index is 639. The molecule has 110 valence electrons. The molecule has 2 aromatic rings. The maximum atomic E-state index is 14.1. The van der Waals surface area contributed by atoms with Gasteiger partial charge < -0.3 is 10.0 Å². The number of benzene rings is 2. The van der Waals surface area contributed by atoms with Gasteiger partial charge in [0.05, 0.1) is 6.10 Å². The van der Waals surface area contributed by atoms with Gasteiger partial charge in [0.25, 0.3) is 0 Å². The SMILES string of the molecule is C[C@@H](O)c1c(F)cccc1N1CCCc2ccccc2C1. The van der Waals surface area contributed by atoms with Gasteiger partial charge in [0.2, 0.25) is 0 Å². The van der Waals surface area contributed by atoms with Gasteiger partial charge in [-0.15, -0.1) is 0 Å². The van der Waals surface area contributed by atoms with E-state index >= 15 is 0 Å². The van der Waals surface area contributed by atoms with Crippen LogP contribution in [0.4, 0.5) is 10.1 Å². The van der Waals surface area contributed by atoms with Gasteiger partial charge in [-0.3, -0.25) is 0 Å². The normalized spacial score (nSPS) is 16.2. The molecule has 0 saturated carbocycles. The Morgan fingerprint density at radius 3 is 2.62 bits per heavy atom. The van der Waals surface area contributed by atoms with E-state index < -0.39 is 6.10 Å². The summed E-state index contributed by atoms with van der Waals surface area (Å²) in [7, 11) is 0. The first-order valence-electron chi connectivity index (χ1n) is 7.45. The summed E-state index contributed by atoms with van der Waals surface area (Å²) in [6.07, 6.45) is 1.28. The Kier molecular flexibility index (Phi) is 3.93. The van der Waals surface area contributed by atoms with E-state index in [9.17, 15) is 9.50 Å². The number of rotatable bonds is 2. The maximum absolute atomic E-state index is 14.1. The van der Waals surface area contributed by atoms with Crippen molar-refractivity contribution in [2.45, 2.75) is 32.4 Å². The Morgan fingerprint density at radius 2 is 1.86 bits per heavy atom. The summed E-state index contributed by atoms with van der Waals surface area (Å²) in [5, 5.41) is 9.91. The Hall–Kier alpha value is -1.87. The molecule has 1 heterocycles. The fourth-order valence-electron chi connectivity index (χ4n) is 3.12. The summed E-state index contributed by atoms with van der Waals surface area (Å²) in [6, 6.07) is 13.4. The number of hydrogen-bond donors (Lipinski definition) is 1. The van der Waals surface area contributed by atoms with Gasteiger partial charge in [0.1, 0.15) is 5.82 Å². The summed E-state index contributed by atoms with van der Waals surface area (Å²) in [5.41, 5.74) is 3.87. The number of anilines is 1. The van der Waals surface area contributed by atoms with Gasteiger partial charge in [0, 0.05) is 24.3 Å². The number of nitrogens with zero attached hydrogens (tertiary/aromatic N) is 1. The zero-order valence-electron chi connectivity index (χ0n) is 12.2. The molecule has 1 aliphatic heterocycles. The Morgan fingerprint density at radius 1 is 1.10 bits per heavy atom. The molecule has 0 spiro atoms. The number of aryl methyl sites for hydroxylation is 1. The Labute approximate surface area is 124 Å². The summed E-state index contributed by atoms with van der Waals surface area (Å²) >= 11 is 0. The van der Waals surface area contributed by atoms with E-state index in [4.69, 9.17) is 0 Å². The van der Waals surface area contributed by atoms with E-state index in [2.05, 4.69) is 23.1 Å². The second-order valence-corrected chi connectivity index (χ2v) is 5.64. The number of aliphatic hydroxyl groups is 1. The van der Waals surface area contributed by atoms with E-state index in [1.807, 2.05) is 12.1 Å². The van der Waals surface area contributed by atoms with Crippen LogP contribution in [0.25, 0.3) is 0 Å². The molecule has 21 heavy (non-hydrogen) atoms. The molecule has 3 heteroatoms. The van der Waals surface area contributed by atoms with Crippen LogP contribution in [0.2, 0.25) is 0 Å². The zero-order chi connectivity index (χ0) is 14.8. The standard InChI is InChI=1S/C18H20FNO/c1-13(21)18-16(19)9-4-10-17(18)20-11-5-8-14-6-2-3-7-15(14)12-20/h2-4,6-7,9-10,13,21H,5,8,11-12H2,1H3/t13-/m1/s1. The molecule has 0 saturated heterocycles. The quantitative estimate of drug-likeness (QED) is 0.906. The monoisotopic (exact) mass is 285 g/mol. The van der Waals surface area contributed by atoms with Crippen LogP contribution in [-0.4, -0.2) is 11.7 Å². The fraction of sp³-hybridized carbons (Fsp3) is 0.333. The minimum Gasteiger partial charge on any atom is -0.389 e. The molecule has 1 atom stereocenters. The molecule has 0 aliphatic carbocycles. The summed E-state index contributed by atoms with van der Waals surface area (Å²) in [4.78, 5) is 2.18. The van der Waals surface area contributed by atoms with Crippen molar-refractivity contribution in [2.75, 3.05) is 11.4 Å². The molecular weight excluding hydrogens is 265 g/mol. The lowest BCUT2D eigenvalue weighted by Gasteiger charge is -2.27. The first-order chi connectivity index (χ1) is 10.2. The molecule has 2 aromatic carbocycles. The smallest absolute Gasteiger partial charge is 0.131 e. The molecular formula is C18H20FNO. The van der Waals surface area contributed by atoms with Crippen molar-refractivity contribution in [3.05, 3.63) is 65.0 Å². The highest BCUT2D eigenvalue weighted by atomic mass is 19.1. The van der Waals surface area contributed by atoms with Crippen LogP contribution in [0.1, 0.15) is 36.1 Å². The molecule has 0 radical (unpaired) electrons. The molecule has 2 nitrogen and oxygen atoms in total. The number of aliphatic hydroxyl groups excluding tert-OH is 1. The molecule has 1 N–H and O–H groups in total. The third kappa shape index (κ3) is 2.79. The van der Waals surface area contributed by atoms with E-state index in [1.165, 1.54) is 17.2 Å². The minimum atomic E-state index is -0.806. The zero-order valence-corrected chi connectivity index (χ0v) is 12.2. The van der Waals surface area contributed by atoms with Gasteiger partial charge in [-0.1, -0.05) is 30.3 Å². The van der Waals surface area contributed by atoms with E-state index in [0.29, 0.717) is 5.56 Å². The summed E-state index contributed by atoms with van der Waals surface area (Å²) in [6.45, 7) is 3.25. The first-order valence-corrected chi connectivity index (χ1v) is 7.45. The molecule has 3 rings (SSSR count). The van der Waals surface area contributed by atoms with Gasteiger partial charge in [-0.25, -0.2) is 4.39 Å². The van der Waals surface area contributed by atoms with Crippen molar-refractivity contribution in [2.24, 2.45) is 0 Å². The van der Waals surface area contributed by atoms with Crippen LogP contribution in [0.15, 0.2) is 42.5 Å². The first kappa shape index (κ1) is 14.1. The molecule has 0 aromatic heterocycles. The van der Waals surface area contributed by atoms with Crippen molar-refractivity contribution in [3.8, 4) is 0 Å². The lowest BCUT2D eigenvalue weighted by atomic mass is 10.0. The number of halogens is 1. The number of hydrogen-bond acceptors (Lipinski definition) is 2. The van der Waals surface area contributed by atoms with Crippen LogP contribution in [0.5, 0.6) is 0 Å². The van der Waals surface area contributed by atoms with E-state index in [0.717, 1.165) is 31.6 Å². The lowest BCUT2D eigenvalue weighted by Crippen LogP contribution is -2.24. The van der Waals surface area contributed by atoms with Gasteiger partial charge in [0.15, 0.2) is 0 Å². The molecule has 1 aliphatic rings. The number of fused-ring (bicyclic) bond motifs is 1. The highest BCUT2D eigenvalue weighted by Gasteiger charge is 2.20. The second-order valence-electron chi connectivity index (χ2n) is 5.64. The maximum Gasteiger partial charge on any atom is 0.131 e. The van der Waals surface area contributed by atoms with Crippen LogP contribution in [-0.2, 0) is 13.0 Å². The minimum absolute atomic E-state index is 0.333. The van der Waals surface area contributed by atoms with Crippen LogP contribution < -0.4 is 4.90 Å². The van der Waals surface area contributed by atoms with Crippen molar-refractivity contribution in [1.29, 1.82) is 0 Å². The van der Waals surface area contributed by atoms with Gasteiger partial charge >= 0.3 is 0 Å². The molecule has 0 amide bonds. The van der Waals surface area contributed by atoms with E-state index in [-0.39, 0.29) is 5.82 Å².